The van der Waals surface area contributed by atoms with E-state index < -0.39 is 0 Å². The fourth-order valence-electron chi connectivity index (χ4n) is 3.65. The number of nitrogens with zero attached hydrogens (tertiary/aromatic N) is 4. The largest absolute Gasteiger partial charge is 0.494 e. The van der Waals surface area contributed by atoms with Gasteiger partial charge in [-0.2, -0.15) is 0 Å². The number of likely N-dealkylation sites (N-methyl/N-ethyl adjacent to an activating group) is 1. The fourth-order valence-corrected chi connectivity index (χ4v) is 4.67. The normalized spacial score (nSPS) is 13.9. The van der Waals surface area contributed by atoms with Crippen LogP contribution in [-0.4, -0.2) is 61.4 Å². The number of hydrogen-bond acceptors (Lipinski definition) is 7. The van der Waals surface area contributed by atoms with Crippen molar-refractivity contribution in [3.8, 4) is 5.75 Å². The molecule has 33 heavy (non-hydrogen) atoms. The highest BCUT2D eigenvalue weighted by Gasteiger charge is 2.31. The molecule has 0 N–H and O–H groups in total. The maximum atomic E-state index is 13.6. The Balaban J connectivity index is 1.68. The Morgan fingerprint density at radius 3 is 2.55 bits per heavy atom. The highest BCUT2D eigenvalue weighted by atomic mass is 32.1. The van der Waals surface area contributed by atoms with Crippen molar-refractivity contribution in [2.45, 2.75) is 19.8 Å². The van der Waals surface area contributed by atoms with Crippen LogP contribution in [0.1, 0.15) is 30.1 Å². The molecular formula is C24H26N4O4S. The molecule has 4 rings (SSSR count). The van der Waals surface area contributed by atoms with E-state index in [2.05, 4.69) is 0 Å². The predicted octanol–water partition coefficient (Wildman–Crippen LogP) is 3.56. The van der Waals surface area contributed by atoms with Crippen LogP contribution in [-0.2, 0) is 9.59 Å². The number of thiazole rings is 1. The molecule has 0 spiro atoms. The molecule has 2 heterocycles. The van der Waals surface area contributed by atoms with Gasteiger partial charge in [-0.25, -0.2) is 4.98 Å². The Bertz CT molecular complexity index is 1190. The number of carbonyl (C=O) groups excluding carboxylic acids is 3. The lowest BCUT2D eigenvalue weighted by molar-refractivity contribution is -0.121. The lowest BCUT2D eigenvalue weighted by Gasteiger charge is -2.22. The first-order chi connectivity index (χ1) is 15.9. The predicted molar refractivity (Wildman–Crippen MR) is 129 cm³/mol. The topological polar surface area (TPSA) is 83.1 Å². The summed E-state index contributed by atoms with van der Waals surface area (Å²) in [6, 6.07) is 12.4. The molecule has 8 nitrogen and oxygen atoms in total. The number of ether oxygens (including phenoxy) is 1. The second-order valence-corrected chi connectivity index (χ2v) is 9.00. The highest BCUT2D eigenvalue weighted by Crippen LogP contribution is 2.33. The van der Waals surface area contributed by atoms with Crippen molar-refractivity contribution in [3.63, 3.8) is 0 Å². The maximum Gasteiger partial charge on any atom is 0.260 e. The summed E-state index contributed by atoms with van der Waals surface area (Å²) in [7, 11) is 3.89. The molecule has 3 aromatic rings. The fraction of sp³-hybridized carbons (Fsp3) is 0.333. The first-order valence-electron chi connectivity index (χ1n) is 10.8. The van der Waals surface area contributed by atoms with Gasteiger partial charge < -0.3 is 9.64 Å². The molecule has 2 aromatic carbocycles. The molecule has 3 amide bonds. The molecule has 1 aliphatic heterocycles. The Hall–Kier alpha value is -3.30. The van der Waals surface area contributed by atoms with E-state index in [0.29, 0.717) is 36.1 Å². The van der Waals surface area contributed by atoms with E-state index in [0.717, 1.165) is 20.9 Å². The van der Waals surface area contributed by atoms with Crippen LogP contribution >= 0.6 is 11.3 Å². The number of benzene rings is 2. The number of hydrogen-bond donors (Lipinski definition) is 0. The molecule has 0 saturated carbocycles. The monoisotopic (exact) mass is 466 g/mol. The first kappa shape index (κ1) is 22.9. The van der Waals surface area contributed by atoms with Crippen LogP contribution in [0.3, 0.4) is 0 Å². The van der Waals surface area contributed by atoms with E-state index in [-0.39, 0.29) is 30.6 Å². The quantitative estimate of drug-likeness (QED) is 0.472. The van der Waals surface area contributed by atoms with Crippen molar-refractivity contribution in [3.05, 3.63) is 48.0 Å². The number of aromatic nitrogens is 1. The summed E-state index contributed by atoms with van der Waals surface area (Å²) in [4.78, 5) is 47.4. The number of rotatable bonds is 8. The highest BCUT2D eigenvalue weighted by molar-refractivity contribution is 7.22. The van der Waals surface area contributed by atoms with Crippen LogP contribution in [0, 0.1) is 0 Å². The molecule has 172 valence electrons. The van der Waals surface area contributed by atoms with Crippen molar-refractivity contribution >= 4 is 50.1 Å². The van der Waals surface area contributed by atoms with E-state index in [9.17, 15) is 14.4 Å². The van der Waals surface area contributed by atoms with E-state index in [1.807, 2.05) is 44.1 Å². The molecule has 1 aliphatic rings. The Morgan fingerprint density at radius 1 is 1.09 bits per heavy atom. The summed E-state index contributed by atoms with van der Waals surface area (Å²) in [6.45, 7) is 3.59. The van der Waals surface area contributed by atoms with Crippen LogP contribution in [0.2, 0.25) is 0 Å². The second-order valence-electron chi connectivity index (χ2n) is 7.99. The van der Waals surface area contributed by atoms with Gasteiger partial charge in [0.05, 0.1) is 22.5 Å². The van der Waals surface area contributed by atoms with Gasteiger partial charge in [0.15, 0.2) is 5.13 Å². The SMILES string of the molecule is CCOc1ccc2nc(N(CCN(C)C)C(=O)c3cccc(N4C(=O)CCC4=O)c3)sc2c1. The van der Waals surface area contributed by atoms with Crippen LogP contribution in [0.4, 0.5) is 10.8 Å². The number of fused-ring (bicyclic) bond motifs is 1. The average molecular weight is 467 g/mol. The molecule has 0 unspecified atom stereocenters. The zero-order valence-electron chi connectivity index (χ0n) is 18.9. The Labute approximate surface area is 196 Å². The maximum absolute atomic E-state index is 13.6. The van der Waals surface area contributed by atoms with E-state index in [4.69, 9.17) is 9.72 Å². The molecule has 1 aromatic heterocycles. The minimum Gasteiger partial charge on any atom is -0.494 e. The summed E-state index contributed by atoms with van der Waals surface area (Å²) in [5.74, 6) is 0.0385. The van der Waals surface area contributed by atoms with Gasteiger partial charge in [0, 0.05) is 31.5 Å². The van der Waals surface area contributed by atoms with Crippen molar-refractivity contribution < 1.29 is 19.1 Å². The smallest absolute Gasteiger partial charge is 0.260 e. The van der Waals surface area contributed by atoms with Gasteiger partial charge >= 0.3 is 0 Å². The van der Waals surface area contributed by atoms with Crippen LogP contribution in [0.15, 0.2) is 42.5 Å². The van der Waals surface area contributed by atoms with E-state index in [1.165, 1.54) is 11.3 Å². The van der Waals surface area contributed by atoms with Crippen LogP contribution < -0.4 is 14.5 Å². The van der Waals surface area contributed by atoms with Gasteiger partial charge in [-0.15, -0.1) is 0 Å². The number of anilines is 2. The summed E-state index contributed by atoms with van der Waals surface area (Å²) in [6.07, 6.45) is 0.392. The van der Waals surface area contributed by atoms with Crippen LogP contribution in [0.25, 0.3) is 10.2 Å². The number of imide groups is 1. The molecule has 0 bridgehead atoms. The zero-order chi connectivity index (χ0) is 23.5. The molecule has 0 radical (unpaired) electrons. The lowest BCUT2D eigenvalue weighted by atomic mass is 10.1. The van der Waals surface area contributed by atoms with Crippen molar-refractivity contribution in [1.82, 2.24) is 9.88 Å². The third kappa shape index (κ3) is 4.89. The summed E-state index contributed by atoms with van der Waals surface area (Å²) >= 11 is 1.43. The average Bonchev–Trinajstić information content (AvgIpc) is 3.36. The van der Waals surface area contributed by atoms with Gasteiger partial charge in [-0.05, 0) is 57.4 Å². The minimum absolute atomic E-state index is 0.196. The molecule has 9 heteroatoms. The van der Waals surface area contributed by atoms with Crippen molar-refractivity contribution in [1.29, 1.82) is 0 Å². The van der Waals surface area contributed by atoms with Gasteiger partial charge in [0.2, 0.25) is 11.8 Å². The Morgan fingerprint density at radius 2 is 1.85 bits per heavy atom. The van der Waals surface area contributed by atoms with E-state index >= 15 is 0 Å². The van der Waals surface area contributed by atoms with Gasteiger partial charge in [-0.3, -0.25) is 24.2 Å². The molecule has 0 aliphatic carbocycles. The molecule has 1 saturated heterocycles. The number of carbonyl (C=O) groups is 3. The standard InChI is InChI=1S/C24H26N4O4S/c1-4-32-18-8-9-19-20(15-18)33-24(25-19)27(13-12-26(2)3)23(31)16-6-5-7-17(14-16)28-21(29)10-11-22(28)30/h5-9,14-15H,4,10-13H2,1-3H3. The summed E-state index contributed by atoms with van der Waals surface area (Å²) < 4.78 is 6.52. The zero-order valence-corrected chi connectivity index (χ0v) is 19.7. The molecule has 0 atom stereocenters. The third-order valence-corrected chi connectivity index (χ3v) is 6.35. The summed E-state index contributed by atoms with van der Waals surface area (Å²) in [5, 5.41) is 0.587. The van der Waals surface area contributed by atoms with Gasteiger partial charge in [-0.1, -0.05) is 17.4 Å². The molecular weight excluding hydrogens is 440 g/mol. The first-order valence-corrected chi connectivity index (χ1v) is 11.6. The van der Waals surface area contributed by atoms with Gasteiger partial charge in [0.25, 0.3) is 5.91 Å². The minimum atomic E-state index is -0.245. The van der Waals surface area contributed by atoms with Crippen molar-refractivity contribution in [2.75, 3.05) is 43.6 Å². The van der Waals surface area contributed by atoms with Gasteiger partial charge in [0.1, 0.15) is 5.75 Å². The van der Waals surface area contributed by atoms with Crippen molar-refractivity contribution in [2.24, 2.45) is 0 Å². The lowest BCUT2D eigenvalue weighted by Crippen LogP contribution is -2.37. The number of amides is 3. The van der Waals surface area contributed by atoms with E-state index in [1.54, 1.807) is 29.2 Å². The second kappa shape index (κ2) is 9.68. The van der Waals surface area contributed by atoms with Crippen LogP contribution in [0.5, 0.6) is 5.75 Å². The third-order valence-electron chi connectivity index (χ3n) is 5.31. The summed E-state index contributed by atoms with van der Waals surface area (Å²) in [5.41, 5.74) is 1.61. The molecule has 1 fully saturated rings. The Kier molecular flexibility index (Phi) is 6.71.